The second-order valence-corrected chi connectivity index (χ2v) is 4.72. The molecule has 0 aliphatic heterocycles. The van der Waals surface area contributed by atoms with Gasteiger partial charge in [0.25, 0.3) is 0 Å². The summed E-state index contributed by atoms with van der Waals surface area (Å²) in [5.74, 6) is 0.872. The van der Waals surface area contributed by atoms with E-state index in [1.165, 1.54) is 10.4 Å². The average molecular weight is 222 g/mol. The van der Waals surface area contributed by atoms with E-state index in [2.05, 4.69) is 31.0 Å². The number of hydrogen-bond donors (Lipinski definition) is 1. The van der Waals surface area contributed by atoms with Crippen molar-refractivity contribution in [3.05, 3.63) is 16.8 Å². The maximum atomic E-state index is 5.99. The van der Waals surface area contributed by atoms with Gasteiger partial charge in [-0.15, -0.1) is 21.5 Å². The van der Waals surface area contributed by atoms with Crippen molar-refractivity contribution in [2.45, 2.75) is 27.3 Å². The number of rotatable bonds is 2. The Morgan fingerprint density at radius 2 is 2.20 bits per heavy atom. The molecule has 0 saturated carbocycles. The smallest absolute Gasteiger partial charge is 0.166 e. The molecule has 5 heteroatoms. The summed E-state index contributed by atoms with van der Waals surface area (Å²) in [6.45, 7) is 7.08. The van der Waals surface area contributed by atoms with Crippen LogP contribution in [0.25, 0.3) is 11.4 Å². The Balaban J connectivity index is 2.63. The van der Waals surface area contributed by atoms with E-state index in [1.807, 2.05) is 4.57 Å². The molecule has 0 amide bonds. The van der Waals surface area contributed by atoms with E-state index in [0.717, 1.165) is 22.9 Å². The number of nitrogens with two attached hydrogens (primary N) is 1. The molecule has 2 aromatic rings. The first-order valence-electron chi connectivity index (χ1n) is 4.88. The lowest BCUT2D eigenvalue weighted by Gasteiger charge is -2.03. The molecule has 0 atom stereocenters. The van der Waals surface area contributed by atoms with Gasteiger partial charge < -0.3 is 10.3 Å². The zero-order valence-electron chi connectivity index (χ0n) is 9.11. The van der Waals surface area contributed by atoms with Crippen LogP contribution in [-0.4, -0.2) is 14.8 Å². The van der Waals surface area contributed by atoms with Gasteiger partial charge in [0.1, 0.15) is 6.33 Å². The maximum Gasteiger partial charge on any atom is 0.166 e. The van der Waals surface area contributed by atoms with Crippen LogP contribution in [0.2, 0.25) is 0 Å². The van der Waals surface area contributed by atoms with Crippen LogP contribution in [0.5, 0.6) is 0 Å². The van der Waals surface area contributed by atoms with Crippen molar-refractivity contribution in [2.75, 3.05) is 5.73 Å². The predicted molar refractivity (Wildman–Crippen MR) is 62.9 cm³/mol. The van der Waals surface area contributed by atoms with Gasteiger partial charge in [-0.2, -0.15) is 0 Å². The minimum Gasteiger partial charge on any atom is -0.390 e. The molecule has 0 radical (unpaired) electrons. The summed E-state index contributed by atoms with van der Waals surface area (Å²) in [5, 5.41) is 8.88. The zero-order chi connectivity index (χ0) is 11.0. The van der Waals surface area contributed by atoms with Crippen LogP contribution in [0.3, 0.4) is 0 Å². The first-order valence-corrected chi connectivity index (χ1v) is 5.70. The molecule has 15 heavy (non-hydrogen) atoms. The molecular weight excluding hydrogens is 208 g/mol. The molecule has 2 N–H and O–H groups in total. The molecule has 0 aliphatic rings. The molecule has 0 fully saturated rings. The molecule has 0 spiro atoms. The van der Waals surface area contributed by atoms with Crippen molar-refractivity contribution in [2.24, 2.45) is 0 Å². The molecule has 0 bridgehead atoms. The SMILES string of the molecule is CCn1cnnc1-c1c(N)sc(C)c1C. The number of aromatic nitrogens is 3. The van der Waals surface area contributed by atoms with Gasteiger partial charge in [-0.25, -0.2) is 0 Å². The van der Waals surface area contributed by atoms with Gasteiger partial charge >= 0.3 is 0 Å². The number of anilines is 1. The highest BCUT2D eigenvalue weighted by Gasteiger charge is 2.16. The first-order chi connectivity index (χ1) is 7.15. The van der Waals surface area contributed by atoms with Crippen LogP contribution in [0.15, 0.2) is 6.33 Å². The van der Waals surface area contributed by atoms with E-state index < -0.39 is 0 Å². The lowest BCUT2D eigenvalue weighted by atomic mass is 10.1. The fraction of sp³-hybridized carbons (Fsp3) is 0.400. The Kier molecular flexibility index (Phi) is 2.48. The molecule has 0 unspecified atom stereocenters. The number of nitrogens with zero attached hydrogens (tertiary/aromatic N) is 3. The summed E-state index contributed by atoms with van der Waals surface area (Å²) in [7, 11) is 0. The minimum atomic E-state index is 0.827. The fourth-order valence-electron chi connectivity index (χ4n) is 1.61. The van der Waals surface area contributed by atoms with Crippen LogP contribution >= 0.6 is 11.3 Å². The normalized spacial score (nSPS) is 10.9. The molecule has 0 aliphatic carbocycles. The Morgan fingerprint density at radius 1 is 1.47 bits per heavy atom. The summed E-state index contributed by atoms with van der Waals surface area (Å²) in [4.78, 5) is 1.24. The Morgan fingerprint density at radius 3 is 2.73 bits per heavy atom. The highest BCUT2D eigenvalue weighted by atomic mass is 32.1. The third kappa shape index (κ3) is 1.52. The highest BCUT2D eigenvalue weighted by Crippen LogP contribution is 2.36. The first kappa shape index (κ1) is 10.2. The van der Waals surface area contributed by atoms with E-state index in [9.17, 15) is 0 Å². The highest BCUT2D eigenvalue weighted by molar-refractivity contribution is 7.16. The van der Waals surface area contributed by atoms with Gasteiger partial charge in [-0.1, -0.05) is 0 Å². The second-order valence-electron chi connectivity index (χ2n) is 3.46. The average Bonchev–Trinajstić information content (AvgIpc) is 2.73. The number of nitrogen functional groups attached to an aromatic ring is 1. The van der Waals surface area contributed by atoms with Crippen LogP contribution < -0.4 is 5.73 Å². The lowest BCUT2D eigenvalue weighted by Crippen LogP contribution is -1.98. The summed E-state index contributed by atoms with van der Waals surface area (Å²) < 4.78 is 2.00. The standard InChI is InChI=1S/C10H14N4S/c1-4-14-5-12-13-10(14)8-6(2)7(3)15-9(8)11/h5H,4,11H2,1-3H3. The molecule has 2 rings (SSSR count). The largest absolute Gasteiger partial charge is 0.390 e. The Labute approximate surface area is 92.8 Å². The third-order valence-electron chi connectivity index (χ3n) is 2.59. The predicted octanol–water partition coefficient (Wildman–Crippen LogP) is 2.23. The van der Waals surface area contributed by atoms with Gasteiger partial charge in [0, 0.05) is 11.4 Å². The van der Waals surface area contributed by atoms with E-state index >= 15 is 0 Å². The van der Waals surface area contributed by atoms with Crippen LogP contribution in [0, 0.1) is 13.8 Å². The summed E-state index contributed by atoms with van der Waals surface area (Å²) >= 11 is 1.61. The number of hydrogen-bond acceptors (Lipinski definition) is 4. The fourth-order valence-corrected chi connectivity index (χ4v) is 2.54. The lowest BCUT2D eigenvalue weighted by molar-refractivity contribution is 0.767. The van der Waals surface area contributed by atoms with Crippen molar-refractivity contribution in [3.8, 4) is 11.4 Å². The number of aryl methyl sites for hydroxylation is 2. The van der Waals surface area contributed by atoms with Crippen molar-refractivity contribution >= 4 is 16.3 Å². The summed E-state index contributed by atoms with van der Waals surface area (Å²) in [6.07, 6.45) is 1.74. The van der Waals surface area contributed by atoms with Gasteiger partial charge in [-0.3, -0.25) is 0 Å². The molecular formula is C10H14N4S. The van der Waals surface area contributed by atoms with Gasteiger partial charge in [0.15, 0.2) is 5.82 Å². The Bertz CT molecular complexity index is 484. The minimum absolute atomic E-state index is 0.827. The third-order valence-corrected chi connectivity index (χ3v) is 3.63. The quantitative estimate of drug-likeness (QED) is 0.847. The van der Waals surface area contributed by atoms with E-state index in [-0.39, 0.29) is 0 Å². The van der Waals surface area contributed by atoms with Gasteiger partial charge in [-0.05, 0) is 26.3 Å². The van der Waals surface area contributed by atoms with Crippen LogP contribution in [0.1, 0.15) is 17.4 Å². The van der Waals surface area contributed by atoms with Crippen molar-refractivity contribution in [3.63, 3.8) is 0 Å². The van der Waals surface area contributed by atoms with Crippen molar-refractivity contribution in [1.29, 1.82) is 0 Å². The molecule has 0 saturated heterocycles. The molecule has 0 aromatic carbocycles. The second kappa shape index (κ2) is 3.66. The van der Waals surface area contributed by atoms with Crippen molar-refractivity contribution in [1.82, 2.24) is 14.8 Å². The molecule has 2 heterocycles. The van der Waals surface area contributed by atoms with Crippen molar-refractivity contribution < 1.29 is 0 Å². The monoisotopic (exact) mass is 222 g/mol. The maximum absolute atomic E-state index is 5.99. The number of thiophene rings is 1. The molecule has 4 nitrogen and oxygen atoms in total. The summed E-state index contributed by atoms with van der Waals surface area (Å²) in [5.41, 5.74) is 8.24. The summed E-state index contributed by atoms with van der Waals surface area (Å²) in [6, 6.07) is 0. The van der Waals surface area contributed by atoms with Gasteiger partial charge in [0.05, 0.1) is 10.6 Å². The van der Waals surface area contributed by atoms with Crippen LogP contribution in [-0.2, 0) is 6.54 Å². The molecule has 80 valence electrons. The van der Waals surface area contributed by atoms with E-state index in [0.29, 0.717) is 0 Å². The molecule has 2 aromatic heterocycles. The van der Waals surface area contributed by atoms with Gasteiger partial charge in [0.2, 0.25) is 0 Å². The van der Waals surface area contributed by atoms with E-state index in [1.54, 1.807) is 17.7 Å². The Hall–Kier alpha value is -1.36. The zero-order valence-corrected chi connectivity index (χ0v) is 9.93. The van der Waals surface area contributed by atoms with E-state index in [4.69, 9.17) is 5.73 Å². The van der Waals surface area contributed by atoms with Crippen LogP contribution in [0.4, 0.5) is 5.00 Å². The topological polar surface area (TPSA) is 56.7 Å².